The number of imide groups is 1. The molecule has 0 aliphatic carbocycles. The topological polar surface area (TPSA) is 46.6 Å². The van der Waals surface area contributed by atoms with Gasteiger partial charge in [0.1, 0.15) is 18.2 Å². The Kier molecular flexibility index (Phi) is 7.44. The van der Waals surface area contributed by atoms with Gasteiger partial charge in [0.25, 0.3) is 11.1 Å². The molecule has 0 unspecified atom stereocenters. The van der Waals surface area contributed by atoms with E-state index in [0.29, 0.717) is 16.3 Å². The summed E-state index contributed by atoms with van der Waals surface area (Å²) in [5.41, 5.74) is 1.51. The van der Waals surface area contributed by atoms with Crippen LogP contribution in [-0.2, 0) is 17.9 Å². The lowest BCUT2D eigenvalue weighted by molar-refractivity contribution is -0.123. The first-order chi connectivity index (χ1) is 15.8. The molecule has 2 amide bonds. The molecule has 0 atom stereocenters. The number of halogens is 4. The first-order valence-electron chi connectivity index (χ1n) is 9.67. The Morgan fingerprint density at radius 2 is 1.79 bits per heavy atom. The van der Waals surface area contributed by atoms with Crippen LogP contribution in [0, 0.1) is 5.82 Å². The normalized spacial score (nSPS) is 14.9. The SMILES string of the molecule is O=C1S/C(=C\c2cc(Br)ccc2OCc2ccccc2Cl)C(=O)N1Cc1c(F)cccc1Cl. The third kappa shape index (κ3) is 5.44. The van der Waals surface area contributed by atoms with Crippen LogP contribution in [0.15, 0.2) is 70.0 Å². The van der Waals surface area contributed by atoms with Crippen molar-refractivity contribution in [1.82, 2.24) is 4.90 Å². The fourth-order valence-electron chi connectivity index (χ4n) is 3.15. The maximum Gasteiger partial charge on any atom is 0.293 e. The monoisotopic (exact) mass is 565 g/mol. The molecule has 0 bridgehead atoms. The average Bonchev–Trinajstić information content (AvgIpc) is 3.04. The molecule has 0 radical (unpaired) electrons. The second-order valence-corrected chi connectivity index (χ2v) is 9.75. The van der Waals surface area contributed by atoms with Gasteiger partial charge in [-0.15, -0.1) is 0 Å². The molecule has 33 heavy (non-hydrogen) atoms. The Morgan fingerprint density at radius 3 is 2.55 bits per heavy atom. The largest absolute Gasteiger partial charge is 0.488 e. The molecular weight excluding hydrogens is 552 g/mol. The summed E-state index contributed by atoms with van der Waals surface area (Å²) < 4.78 is 20.9. The third-order valence-electron chi connectivity index (χ3n) is 4.85. The summed E-state index contributed by atoms with van der Waals surface area (Å²) in [6.07, 6.45) is 1.58. The number of amides is 2. The van der Waals surface area contributed by atoms with E-state index in [1.54, 1.807) is 24.3 Å². The van der Waals surface area contributed by atoms with Crippen molar-refractivity contribution in [2.75, 3.05) is 0 Å². The second-order valence-electron chi connectivity index (χ2n) is 7.03. The highest BCUT2D eigenvalue weighted by Gasteiger charge is 2.36. The van der Waals surface area contributed by atoms with E-state index in [2.05, 4.69) is 15.9 Å². The van der Waals surface area contributed by atoms with Crippen LogP contribution in [0.2, 0.25) is 10.0 Å². The molecule has 9 heteroatoms. The first kappa shape index (κ1) is 23.8. The molecule has 1 heterocycles. The van der Waals surface area contributed by atoms with Crippen LogP contribution in [0.5, 0.6) is 5.75 Å². The predicted molar refractivity (Wildman–Crippen MR) is 133 cm³/mol. The van der Waals surface area contributed by atoms with E-state index < -0.39 is 17.0 Å². The number of nitrogens with zero attached hydrogens (tertiary/aromatic N) is 1. The molecule has 1 aliphatic rings. The molecule has 1 aliphatic heterocycles. The zero-order chi connectivity index (χ0) is 23.5. The number of thioether (sulfide) groups is 1. The molecule has 4 rings (SSSR count). The highest BCUT2D eigenvalue weighted by atomic mass is 79.9. The van der Waals surface area contributed by atoms with Gasteiger partial charge in [-0.05, 0) is 54.2 Å². The Bertz CT molecular complexity index is 1260. The van der Waals surface area contributed by atoms with Crippen molar-refractivity contribution < 1.29 is 18.7 Å². The van der Waals surface area contributed by atoms with Gasteiger partial charge in [-0.2, -0.15) is 0 Å². The van der Waals surface area contributed by atoms with Crippen LogP contribution in [0.3, 0.4) is 0 Å². The molecular formula is C24H15BrCl2FNO3S. The minimum Gasteiger partial charge on any atom is -0.488 e. The van der Waals surface area contributed by atoms with E-state index >= 15 is 0 Å². The maximum atomic E-state index is 14.2. The zero-order valence-electron chi connectivity index (χ0n) is 16.9. The van der Waals surface area contributed by atoms with E-state index in [-0.39, 0.29) is 28.6 Å². The van der Waals surface area contributed by atoms with Gasteiger partial charge >= 0.3 is 0 Å². The highest BCUT2D eigenvalue weighted by Crippen LogP contribution is 2.37. The molecule has 0 N–H and O–H groups in total. The molecule has 0 spiro atoms. The van der Waals surface area contributed by atoms with Gasteiger partial charge in [0.05, 0.1) is 11.4 Å². The van der Waals surface area contributed by atoms with Gasteiger partial charge in [0, 0.05) is 31.2 Å². The molecule has 3 aromatic rings. The van der Waals surface area contributed by atoms with Crippen molar-refractivity contribution in [2.45, 2.75) is 13.2 Å². The van der Waals surface area contributed by atoms with E-state index in [9.17, 15) is 14.0 Å². The number of hydrogen-bond acceptors (Lipinski definition) is 4. The lowest BCUT2D eigenvalue weighted by atomic mass is 10.1. The average molecular weight is 567 g/mol. The molecule has 4 nitrogen and oxygen atoms in total. The Hall–Kier alpha value is -2.32. The molecule has 1 fully saturated rings. The maximum absolute atomic E-state index is 14.2. The predicted octanol–water partition coefficient (Wildman–Crippen LogP) is 7.71. The number of benzene rings is 3. The summed E-state index contributed by atoms with van der Waals surface area (Å²) in [7, 11) is 0. The number of rotatable bonds is 6. The van der Waals surface area contributed by atoms with Gasteiger partial charge in [0.15, 0.2) is 0 Å². The Labute approximate surface area is 212 Å². The summed E-state index contributed by atoms with van der Waals surface area (Å²) in [5, 5.41) is 0.239. The van der Waals surface area contributed by atoms with E-state index in [0.717, 1.165) is 26.7 Å². The van der Waals surface area contributed by atoms with Crippen molar-refractivity contribution in [3.63, 3.8) is 0 Å². The van der Waals surface area contributed by atoms with Gasteiger partial charge in [-0.25, -0.2) is 4.39 Å². The van der Waals surface area contributed by atoms with Gasteiger partial charge in [0.2, 0.25) is 0 Å². The fraction of sp³-hybridized carbons (Fsp3) is 0.0833. The highest BCUT2D eigenvalue weighted by molar-refractivity contribution is 9.10. The smallest absolute Gasteiger partial charge is 0.293 e. The van der Waals surface area contributed by atoms with Gasteiger partial charge in [-0.1, -0.05) is 63.4 Å². The number of carbonyl (C=O) groups excluding carboxylic acids is 2. The summed E-state index contributed by atoms with van der Waals surface area (Å²) >= 11 is 16.5. The van der Waals surface area contributed by atoms with Crippen LogP contribution in [0.1, 0.15) is 16.7 Å². The molecule has 1 saturated heterocycles. The Morgan fingerprint density at radius 1 is 1.03 bits per heavy atom. The lowest BCUT2D eigenvalue weighted by Crippen LogP contribution is -2.28. The standard InChI is InChI=1S/C24H15BrCl2FNO3S/c25-16-8-9-21(32-13-14-4-1-2-5-18(14)26)15(10-16)11-22-23(30)29(24(31)33-22)12-17-19(27)6-3-7-20(17)28/h1-11H,12-13H2/b22-11-. The van der Waals surface area contributed by atoms with Crippen LogP contribution in [0.25, 0.3) is 6.08 Å². The van der Waals surface area contributed by atoms with Crippen LogP contribution >= 0.6 is 50.9 Å². The van der Waals surface area contributed by atoms with E-state index in [1.807, 2.05) is 24.3 Å². The van der Waals surface area contributed by atoms with Crippen molar-refractivity contribution in [1.29, 1.82) is 0 Å². The summed E-state index contributed by atoms with van der Waals surface area (Å²) in [5.74, 6) is -0.587. The lowest BCUT2D eigenvalue weighted by Gasteiger charge is -2.14. The van der Waals surface area contributed by atoms with Crippen molar-refractivity contribution in [2.24, 2.45) is 0 Å². The van der Waals surface area contributed by atoms with Crippen molar-refractivity contribution in [3.8, 4) is 5.75 Å². The number of hydrogen-bond donors (Lipinski definition) is 0. The minimum absolute atomic E-state index is 0.0916. The summed E-state index contributed by atoms with van der Waals surface area (Å²) in [6.45, 7) is -0.0166. The van der Waals surface area contributed by atoms with Crippen molar-refractivity contribution >= 4 is 68.1 Å². The molecule has 0 aromatic heterocycles. The first-order valence-corrected chi connectivity index (χ1v) is 12.0. The number of carbonyl (C=O) groups is 2. The second kappa shape index (κ2) is 10.3. The Balaban J connectivity index is 1.58. The summed E-state index contributed by atoms with van der Waals surface area (Å²) in [4.78, 5) is 26.6. The minimum atomic E-state index is -0.576. The van der Waals surface area contributed by atoms with Gasteiger partial charge < -0.3 is 4.74 Å². The van der Waals surface area contributed by atoms with Crippen LogP contribution in [-0.4, -0.2) is 16.0 Å². The van der Waals surface area contributed by atoms with Crippen molar-refractivity contribution in [3.05, 3.63) is 103 Å². The van der Waals surface area contributed by atoms with Crippen LogP contribution in [0.4, 0.5) is 9.18 Å². The van der Waals surface area contributed by atoms with Crippen LogP contribution < -0.4 is 4.74 Å². The van der Waals surface area contributed by atoms with Gasteiger partial charge in [-0.3, -0.25) is 14.5 Å². The van der Waals surface area contributed by atoms with E-state index in [4.69, 9.17) is 27.9 Å². The third-order valence-corrected chi connectivity index (χ3v) is 6.97. The number of ether oxygens (including phenoxy) is 1. The summed E-state index contributed by atoms with van der Waals surface area (Å²) in [6, 6.07) is 16.9. The molecule has 168 valence electrons. The molecule has 3 aromatic carbocycles. The molecule has 0 saturated carbocycles. The van der Waals surface area contributed by atoms with E-state index in [1.165, 1.54) is 18.2 Å². The zero-order valence-corrected chi connectivity index (χ0v) is 20.8. The fourth-order valence-corrected chi connectivity index (χ4v) is 4.77. The quantitative estimate of drug-likeness (QED) is 0.287.